The molecule has 1 aromatic carbocycles. The normalized spacial score (nSPS) is 20.1. The Hall–Kier alpha value is -2.94. The molecule has 3 aromatic heterocycles. The van der Waals surface area contributed by atoms with E-state index in [0.29, 0.717) is 51.9 Å². The largest absolute Gasteiger partial charge is 0.350 e. The van der Waals surface area contributed by atoms with E-state index in [0.717, 1.165) is 46.8 Å². The van der Waals surface area contributed by atoms with Crippen molar-refractivity contribution in [2.24, 2.45) is 0 Å². The number of aromatic nitrogens is 4. The van der Waals surface area contributed by atoms with E-state index < -0.39 is 15.8 Å². The van der Waals surface area contributed by atoms with Crippen molar-refractivity contribution in [3.8, 4) is 17.2 Å². The lowest BCUT2D eigenvalue weighted by atomic mass is 10.1. The predicted octanol–water partition coefficient (Wildman–Crippen LogP) is 2.88. The molecule has 0 aliphatic carbocycles. The van der Waals surface area contributed by atoms with Crippen molar-refractivity contribution in [2.75, 3.05) is 63.6 Å². The molecule has 216 valence electrons. The molecular weight excluding hydrogens is 562 g/mol. The lowest BCUT2D eigenvalue weighted by Crippen LogP contribution is -2.47. The van der Waals surface area contributed by atoms with Gasteiger partial charge in [0.1, 0.15) is 0 Å². The number of ether oxygens (including phenoxy) is 2. The Labute approximate surface area is 243 Å². The van der Waals surface area contributed by atoms with Gasteiger partial charge in [0.25, 0.3) is 5.95 Å². The highest BCUT2D eigenvalue weighted by Crippen LogP contribution is 2.39. The third-order valence-corrected chi connectivity index (χ3v) is 10.4. The third-order valence-electron chi connectivity index (χ3n) is 7.99. The fraction of sp³-hybridized carbons (Fsp3) is 0.464. The number of fused-ring (bicyclic) bond motifs is 1. The minimum atomic E-state index is -3.16. The van der Waals surface area contributed by atoms with Gasteiger partial charge < -0.3 is 14.4 Å². The quantitative estimate of drug-likeness (QED) is 0.333. The van der Waals surface area contributed by atoms with Gasteiger partial charge in [-0.3, -0.25) is 4.90 Å². The minimum absolute atomic E-state index is 0.511. The summed E-state index contributed by atoms with van der Waals surface area (Å²) in [6.07, 6.45) is 3.97. The maximum atomic E-state index is 11.9. The first kappa shape index (κ1) is 26.9. The highest BCUT2D eigenvalue weighted by molar-refractivity contribution is 7.88. The topological polar surface area (TPSA) is 106 Å². The number of sulfonamides is 1. The fourth-order valence-corrected chi connectivity index (χ4v) is 7.83. The van der Waals surface area contributed by atoms with Gasteiger partial charge in [-0.2, -0.15) is 14.4 Å². The van der Waals surface area contributed by atoms with Crippen LogP contribution in [0.25, 0.3) is 27.4 Å². The van der Waals surface area contributed by atoms with Gasteiger partial charge >= 0.3 is 0 Å². The van der Waals surface area contributed by atoms with Crippen LogP contribution >= 0.6 is 11.3 Å². The zero-order valence-corrected chi connectivity index (χ0v) is 24.8. The number of hydrogen-bond donors (Lipinski definition) is 0. The van der Waals surface area contributed by atoms with E-state index in [1.165, 1.54) is 16.7 Å². The summed E-state index contributed by atoms with van der Waals surface area (Å²) in [5, 5.41) is 4.83. The fourth-order valence-electron chi connectivity index (χ4n) is 5.85. The van der Waals surface area contributed by atoms with Crippen LogP contribution in [0.3, 0.4) is 0 Å². The van der Waals surface area contributed by atoms with Crippen molar-refractivity contribution >= 4 is 37.4 Å². The number of thiophene rings is 1. The Morgan fingerprint density at radius 3 is 2.59 bits per heavy atom. The highest BCUT2D eigenvalue weighted by atomic mass is 32.2. The Morgan fingerprint density at radius 2 is 1.83 bits per heavy atom. The average molecular weight is 596 g/mol. The Bertz CT molecular complexity index is 1690. The van der Waals surface area contributed by atoms with Gasteiger partial charge in [0, 0.05) is 62.3 Å². The van der Waals surface area contributed by atoms with E-state index in [9.17, 15) is 8.42 Å². The molecule has 4 aromatic rings. The first-order valence-electron chi connectivity index (χ1n) is 13.9. The van der Waals surface area contributed by atoms with Gasteiger partial charge in [-0.15, -0.1) is 11.3 Å². The van der Waals surface area contributed by atoms with Gasteiger partial charge in [0.2, 0.25) is 10.0 Å². The van der Waals surface area contributed by atoms with E-state index >= 15 is 0 Å². The maximum absolute atomic E-state index is 11.9. The van der Waals surface area contributed by atoms with Crippen LogP contribution < -0.4 is 4.90 Å². The first-order valence-corrected chi connectivity index (χ1v) is 16.6. The zero-order chi connectivity index (χ0) is 28.2. The Morgan fingerprint density at radius 1 is 1.02 bits per heavy atom. The molecule has 3 fully saturated rings. The standard InChI is InChI=1S/C28H33N7O4S2/c1-20-4-3-5-21(16-20)23-6-8-35(31-23)27-29-24-17-22(18-32-10-12-34(13-11-32)41(2,36)37)40-25(24)26(30-27)33-9-7-28(19-33)38-14-15-39-28/h3-6,8,16-17H,7,9-15,18-19H2,1-2H3. The van der Waals surface area contributed by atoms with Crippen molar-refractivity contribution < 1.29 is 17.9 Å². The molecule has 11 nitrogen and oxygen atoms in total. The van der Waals surface area contributed by atoms with Crippen LogP contribution in [0.4, 0.5) is 5.82 Å². The van der Waals surface area contributed by atoms with Gasteiger partial charge in [-0.1, -0.05) is 23.8 Å². The van der Waals surface area contributed by atoms with Gasteiger partial charge in [0.15, 0.2) is 11.6 Å². The van der Waals surface area contributed by atoms with Crippen LogP contribution in [0, 0.1) is 6.92 Å². The number of rotatable bonds is 6. The van der Waals surface area contributed by atoms with Crippen LogP contribution in [0.2, 0.25) is 0 Å². The summed E-state index contributed by atoms with van der Waals surface area (Å²) >= 11 is 1.70. The van der Waals surface area contributed by atoms with Gasteiger partial charge in [-0.05, 0) is 25.1 Å². The monoisotopic (exact) mass is 595 g/mol. The molecule has 0 unspecified atom stereocenters. The second-order valence-corrected chi connectivity index (χ2v) is 14.1. The van der Waals surface area contributed by atoms with E-state index in [1.807, 2.05) is 18.3 Å². The smallest absolute Gasteiger partial charge is 0.253 e. The number of anilines is 1. The van der Waals surface area contributed by atoms with E-state index in [4.69, 9.17) is 24.5 Å². The summed E-state index contributed by atoms with van der Waals surface area (Å²) in [7, 11) is -3.16. The Kier molecular flexibility index (Phi) is 6.83. The van der Waals surface area contributed by atoms with Crippen LogP contribution in [-0.2, 0) is 26.0 Å². The van der Waals surface area contributed by atoms with Crippen molar-refractivity contribution in [2.45, 2.75) is 25.7 Å². The number of aryl methyl sites for hydroxylation is 1. The number of benzene rings is 1. The SMILES string of the molecule is Cc1cccc(-c2ccn(-c3nc(N4CCC5(C4)OCCO5)c4sc(CN5CCN(S(C)(=O)=O)CC5)cc4n3)n2)c1. The first-order chi connectivity index (χ1) is 19.7. The predicted molar refractivity (Wildman–Crippen MR) is 158 cm³/mol. The minimum Gasteiger partial charge on any atom is -0.350 e. The molecule has 3 aliphatic rings. The molecule has 0 amide bonds. The molecule has 3 saturated heterocycles. The molecule has 0 atom stereocenters. The molecule has 1 spiro atoms. The third kappa shape index (κ3) is 5.38. The molecule has 3 aliphatic heterocycles. The van der Waals surface area contributed by atoms with Crippen LogP contribution in [0.15, 0.2) is 42.6 Å². The van der Waals surface area contributed by atoms with Crippen molar-refractivity contribution in [1.29, 1.82) is 0 Å². The maximum Gasteiger partial charge on any atom is 0.253 e. The molecule has 41 heavy (non-hydrogen) atoms. The summed E-state index contributed by atoms with van der Waals surface area (Å²) < 4.78 is 40.2. The number of nitrogens with zero attached hydrogens (tertiary/aromatic N) is 7. The second kappa shape index (κ2) is 10.4. The Balaban J connectivity index is 1.21. The summed E-state index contributed by atoms with van der Waals surface area (Å²) in [6, 6.07) is 12.4. The molecule has 13 heteroatoms. The van der Waals surface area contributed by atoms with E-state index in [1.54, 1.807) is 20.3 Å². The van der Waals surface area contributed by atoms with E-state index in [-0.39, 0.29) is 0 Å². The average Bonchev–Trinajstić information content (AvgIpc) is 3.76. The molecular formula is C28H33N7O4S2. The summed E-state index contributed by atoms with van der Waals surface area (Å²) in [6.45, 7) is 7.85. The lowest BCUT2D eigenvalue weighted by molar-refractivity contribution is -0.137. The molecule has 0 radical (unpaired) electrons. The van der Waals surface area contributed by atoms with Crippen LogP contribution in [0.1, 0.15) is 16.9 Å². The molecule has 0 bridgehead atoms. The number of piperazine rings is 1. The van der Waals surface area contributed by atoms with Crippen molar-refractivity contribution in [1.82, 2.24) is 29.0 Å². The second-order valence-electron chi connectivity index (χ2n) is 11.0. The van der Waals surface area contributed by atoms with Crippen molar-refractivity contribution in [3.63, 3.8) is 0 Å². The summed E-state index contributed by atoms with van der Waals surface area (Å²) in [4.78, 5) is 15.7. The van der Waals surface area contributed by atoms with Gasteiger partial charge in [-0.25, -0.2) is 18.1 Å². The molecule has 0 saturated carbocycles. The van der Waals surface area contributed by atoms with E-state index in [2.05, 4.69) is 41.0 Å². The zero-order valence-electron chi connectivity index (χ0n) is 23.2. The van der Waals surface area contributed by atoms with Crippen molar-refractivity contribution in [3.05, 3.63) is 53.0 Å². The lowest BCUT2D eigenvalue weighted by Gasteiger charge is -2.32. The molecule has 6 heterocycles. The highest BCUT2D eigenvalue weighted by Gasteiger charge is 2.44. The summed E-state index contributed by atoms with van der Waals surface area (Å²) in [5.41, 5.74) is 3.98. The molecule has 7 rings (SSSR count). The molecule has 0 N–H and O–H groups in total. The van der Waals surface area contributed by atoms with Gasteiger partial charge in [0.05, 0.1) is 41.9 Å². The number of hydrogen-bond acceptors (Lipinski definition) is 10. The summed E-state index contributed by atoms with van der Waals surface area (Å²) in [5.74, 6) is 0.819. The van der Waals surface area contributed by atoms with Crippen LogP contribution in [0.5, 0.6) is 0 Å². The van der Waals surface area contributed by atoms with Crippen LogP contribution in [-0.4, -0.2) is 102 Å².